The molecule has 3 rings (SSSR count). The number of hydrogen-bond donors (Lipinski definition) is 1. The van der Waals surface area contributed by atoms with Crippen LogP contribution in [0.1, 0.15) is 65.2 Å². The number of rotatable bonds is 4. The van der Waals surface area contributed by atoms with E-state index in [0.717, 1.165) is 17.9 Å². The first-order valence-electron chi connectivity index (χ1n) is 8.71. The molecule has 2 heteroatoms. The molecule has 1 aliphatic heterocycles. The fourth-order valence-electron chi connectivity index (χ4n) is 4.44. The molecule has 0 aromatic carbocycles. The Bertz CT molecular complexity index is 292. The quantitative estimate of drug-likeness (QED) is 0.837. The molecule has 19 heavy (non-hydrogen) atoms. The fraction of sp³-hybridized carbons (Fsp3) is 1.00. The average Bonchev–Trinajstić information content (AvgIpc) is 2.81. The lowest BCUT2D eigenvalue weighted by Gasteiger charge is -2.50. The van der Waals surface area contributed by atoms with E-state index in [1.807, 2.05) is 0 Å². The van der Waals surface area contributed by atoms with Crippen molar-refractivity contribution in [1.29, 1.82) is 0 Å². The van der Waals surface area contributed by atoms with Gasteiger partial charge in [-0.15, -0.1) is 0 Å². The first-order chi connectivity index (χ1) is 9.22. The minimum absolute atomic E-state index is 0.494. The molecular weight excluding hydrogens is 232 g/mol. The van der Waals surface area contributed by atoms with E-state index in [1.54, 1.807) is 0 Å². The summed E-state index contributed by atoms with van der Waals surface area (Å²) < 4.78 is 0. The lowest BCUT2D eigenvalue weighted by Crippen LogP contribution is -2.65. The molecule has 2 unspecified atom stereocenters. The largest absolute Gasteiger partial charge is 0.308 e. The molecule has 110 valence electrons. The Morgan fingerprint density at radius 1 is 1.21 bits per heavy atom. The van der Waals surface area contributed by atoms with E-state index in [9.17, 15) is 0 Å². The van der Waals surface area contributed by atoms with Gasteiger partial charge in [-0.25, -0.2) is 0 Å². The zero-order chi connectivity index (χ0) is 13.3. The van der Waals surface area contributed by atoms with Crippen molar-refractivity contribution < 1.29 is 0 Å². The minimum atomic E-state index is 0.494. The van der Waals surface area contributed by atoms with E-state index < -0.39 is 0 Å². The Kier molecular flexibility index (Phi) is 4.19. The molecule has 2 nitrogen and oxygen atoms in total. The summed E-state index contributed by atoms with van der Waals surface area (Å²) in [5, 5.41) is 3.96. The maximum Gasteiger partial charge on any atom is 0.0309 e. The van der Waals surface area contributed by atoms with Crippen molar-refractivity contribution in [2.75, 3.05) is 19.6 Å². The molecule has 0 bridgehead atoms. The van der Waals surface area contributed by atoms with Crippen molar-refractivity contribution in [1.82, 2.24) is 10.2 Å². The number of nitrogens with one attached hydrogen (secondary N) is 1. The maximum atomic E-state index is 3.96. The SMILES string of the molecule is CCC(C)C1CNC2(CCCC2)CN1CC1CCC1. The molecule has 3 fully saturated rings. The summed E-state index contributed by atoms with van der Waals surface area (Å²) in [7, 11) is 0. The van der Waals surface area contributed by atoms with Crippen LogP contribution in [0.2, 0.25) is 0 Å². The molecule has 0 aromatic heterocycles. The third kappa shape index (κ3) is 2.85. The van der Waals surface area contributed by atoms with Gasteiger partial charge in [-0.3, -0.25) is 4.90 Å². The molecule has 1 spiro atoms. The van der Waals surface area contributed by atoms with Crippen molar-refractivity contribution >= 4 is 0 Å². The van der Waals surface area contributed by atoms with E-state index >= 15 is 0 Å². The summed E-state index contributed by atoms with van der Waals surface area (Å²) in [6.07, 6.45) is 11.5. The van der Waals surface area contributed by atoms with E-state index in [0.29, 0.717) is 5.54 Å². The fourth-order valence-corrected chi connectivity index (χ4v) is 4.44. The van der Waals surface area contributed by atoms with Crippen LogP contribution in [-0.2, 0) is 0 Å². The second-order valence-corrected chi connectivity index (χ2v) is 7.55. The Morgan fingerprint density at radius 3 is 2.53 bits per heavy atom. The van der Waals surface area contributed by atoms with Gasteiger partial charge in [-0.1, -0.05) is 39.5 Å². The van der Waals surface area contributed by atoms with Gasteiger partial charge in [0.25, 0.3) is 0 Å². The van der Waals surface area contributed by atoms with Crippen LogP contribution in [0, 0.1) is 11.8 Å². The zero-order valence-corrected chi connectivity index (χ0v) is 13.0. The monoisotopic (exact) mass is 264 g/mol. The van der Waals surface area contributed by atoms with Crippen molar-refractivity contribution in [2.45, 2.75) is 76.8 Å². The maximum absolute atomic E-state index is 3.96. The van der Waals surface area contributed by atoms with Crippen LogP contribution in [0.4, 0.5) is 0 Å². The second kappa shape index (κ2) is 5.73. The predicted octanol–water partition coefficient (Wildman–Crippen LogP) is 3.42. The van der Waals surface area contributed by atoms with Crippen LogP contribution in [0.5, 0.6) is 0 Å². The Balaban J connectivity index is 1.67. The molecule has 1 N–H and O–H groups in total. The van der Waals surface area contributed by atoms with Gasteiger partial charge in [0, 0.05) is 31.2 Å². The molecule has 2 aliphatic carbocycles. The first kappa shape index (κ1) is 13.9. The standard InChI is InChI=1S/C17H32N2/c1-3-14(2)16-11-18-17(9-4-5-10-17)13-19(16)12-15-7-6-8-15/h14-16,18H,3-13H2,1-2H3. The van der Waals surface area contributed by atoms with Crippen LogP contribution in [0.15, 0.2) is 0 Å². The Hall–Kier alpha value is -0.0800. The van der Waals surface area contributed by atoms with Crippen LogP contribution in [0.25, 0.3) is 0 Å². The number of hydrogen-bond acceptors (Lipinski definition) is 2. The van der Waals surface area contributed by atoms with Crippen LogP contribution >= 0.6 is 0 Å². The van der Waals surface area contributed by atoms with Gasteiger partial charge in [-0.05, 0) is 37.5 Å². The van der Waals surface area contributed by atoms with Gasteiger partial charge in [0.2, 0.25) is 0 Å². The average molecular weight is 264 g/mol. The number of nitrogens with zero attached hydrogens (tertiary/aromatic N) is 1. The van der Waals surface area contributed by atoms with E-state index in [2.05, 4.69) is 24.1 Å². The van der Waals surface area contributed by atoms with Gasteiger partial charge in [-0.2, -0.15) is 0 Å². The van der Waals surface area contributed by atoms with Crippen molar-refractivity contribution in [3.8, 4) is 0 Å². The second-order valence-electron chi connectivity index (χ2n) is 7.55. The van der Waals surface area contributed by atoms with Gasteiger partial charge < -0.3 is 5.32 Å². The van der Waals surface area contributed by atoms with Crippen LogP contribution in [0.3, 0.4) is 0 Å². The van der Waals surface area contributed by atoms with E-state index in [4.69, 9.17) is 0 Å². The summed E-state index contributed by atoms with van der Waals surface area (Å²) in [6.45, 7) is 8.76. The summed E-state index contributed by atoms with van der Waals surface area (Å²) in [5.41, 5.74) is 0.494. The summed E-state index contributed by atoms with van der Waals surface area (Å²) >= 11 is 0. The minimum Gasteiger partial charge on any atom is -0.308 e. The van der Waals surface area contributed by atoms with Gasteiger partial charge >= 0.3 is 0 Å². The Morgan fingerprint density at radius 2 is 1.95 bits per heavy atom. The van der Waals surface area contributed by atoms with E-state index in [1.165, 1.54) is 71.0 Å². The third-order valence-corrected chi connectivity index (χ3v) is 6.24. The Labute approximate surface area is 119 Å². The first-order valence-corrected chi connectivity index (χ1v) is 8.71. The van der Waals surface area contributed by atoms with Crippen molar-refractivity contribution in [3.63, 3.8) is 0 Å². The molecule has 3 aliphatic rings. The van der Waals surface area contributed by atoms with E-state index in [-0.39, 0.29) is 0 Å². The molecule has 2 saturated carbocycles. The summed E-state index contributed by atoms with van der Waals surface area (Å²) in [5.74, 6) is 1.86. The highest BCUT2D eigenvalue weighted by Gasteiger charge is 2.42. The highest BCUT2D eigenvalue weighted by molar-refractivity contribution is 5.02. The highest BCUT2D eigenvalue weighted by Crippen LogP contribution is 2.36. The zero-order valence-electron chi connectivity index (χ0n) is 13.0. The molecular formula is C17H32N2. The molecule has 0 amide bonds. The predicted molar refractivity (Wildman–Crippen MR) is 81.4 cm³/mol. The van der Waals surface area contributed by atoms with Crippen LogP contribution < -0.4 is 5.32 Å². The van der Waals surface area contributed by atoms with Gasteiger partial charge in [0.05, 0.1) is 0 Å². The normalized spacial score (nSPS) is 33.5. The van der Waals surface area contributed by atoms with Crippen molar-refractivity contribution in [2.24, 2.45) is 11.8 Å². The summed E-state index contributed by atoms with van der Waals surface area (Å²) in [4.78, 5) is 2.89. The van der Waals surface area contributed by atoms with Crippen LogP contribution in [-0.4, -0.2) is 36.1 Å². The summed E-state index contributed by atoms with van der Waals surface area (Å²) in [6, 6.07) is 0.789. The van der Waals surface area contributed by atoms with Crippen molar-refractivity contribution in [3.05, 3.63) is 0 Å². The topological polar surface area (TPSA) is 15.3 Å². The van der Waals surface area contributed by atoms with Gasteiger partial charge in [0.1, 0.15) is 0 Å². The van der Waals surface area contributed by atoms with Gasteiger partial charge in [0.15, 0.2) is 0 Å². The molecule has 0 aromatic rings. The molecule has 2 atom stereocenters. The molecule has 1 heterocycles. The lowest BCUT2D eigenvalue weighted by molar-refractivity contribution is 0.0285. The highest BCUT2D eigenvalue weighted by atomic mass is 15.3. The smallest absolute Gasteiger partial charge is 0.0309 e. The number of piperazine rings is 1. The molecule has 0 radical (unpaired) electrons. The third-order valence-electron chi connectivity index (χ3n) is 6.24. The lowest BCUT2D eigenvalue weighted by atomic mass is 9.82. The molecule has 1 saturated heterocycles.